The largest absolute Gasteiger partial charge is 0.325 e. The van der Waals surface area contributed by atoms with Gasteiger partial charge in [-0.1, -0.05) is 0 Å². The standard InChI is InChI=1S/C11H22N2/c1-13(2)9-10-3-6-11(12,7-4-10)8-5-10/h3-9,12H2,1-2H3. The van der Waals surface area contributed by atoms with Gasteiger partial charge in [-0.25, -0.2) is 0 Å². The first-order valence-corrected chi connectivity index (χ1v) is 5.47. The van der Waals surface area contributed by atoms with Crippen LogP contribution < -0.4 is 5.73 Å². The van der Waals surface area contributed by atoms with Gasteiger partial charge in [0.2, 0.25) is 0 Å². The molecule has 0 amide bonds. The SMILES string of the molecule is CN(C)CC12CCC(N)(CC1)CC2. The van der Waals surface area contributed by atoms with E-state index >= 15 is 0 Å². The van der Waals surface area contributed by atoms with Crippen LogP contribution in [0.4, 0.5) is 0 Å². The molecule has 13 heavy (non-hydrogen) atoms. The average Bonchev–Trinajstić information content (AvgIpc) is 2.07. The van der Waals surface area contributed by atoms with Crippen molar-refractivity contribution in [3.8, 4) is 0 Å². The molecule has 76 valence electrons. The molecule has 3 saturated carbocycles. The predicted octanol–water partition coefficient (Wildman–Crippen LogP) is 1.60. The molecule has 2 bridgehead atoms. The fraction of sp³-hybridized carbons (Fsp3) is 1.00. The summed E-state index contributed by atoms with van der Waals surface area (Å²) in [7, 11) is 4.38. The van der Waals surface area contributed by atoms with Crippen LogP contribution in [-0.2, 0) is 0 Å². The highest BCUT2D eigenvalue weighted by molar-refractivity contribution is 5.03. The Morgan fingerprint density at radius 3 is 1.85 bits per heavy atom. The Kier molecular flexibility index (Phi) is 2.16. The predicted molar refractivity (Wildman–Crippen MR) is 55.6 cm³/mol. The Morgan fingerprint density at radius 1 is 1.00 bits per heavy atom. The second kappa shape index (κ2) is 2.96. The van der Waals surface area contributed by atoms with Crippen LogP contribution in [0.1, 0.15) is 38.5 Å². The summed E-state index contributed by atoms with van der Waals surface area (Å²) in [6.45, 7) is 1.27. The molecule has 0 aromatic carbocycles. The molecule has 0 unspecified atom stereocenters. The number of fused-ring (bicyclic) bond motifs is 3. The minimum absolute atomic E-state index is 0.230. The second-order valence-electron chi connectivity index (χ2n) is 5.60. The van der Waals surface area contributed by atoms with Gasteiger partial charge in [0.15, 0.2) is 0 Å². The van der Waals surface area contributed by atoms with E-state index in [4.69, 9.17) is 5.73 Å². The Balaban J connectivity index is 2.03. The van der Waals surface area contributed by atoms with E-state index < -0.39 is 0 Å². The van der Waals surface area contributed by atoms with Crippen molar-refractivity contribution < 1.29 is 0 Å². The van der Waals surface area contributed by atoms with Gasteiger partial charge in [0.05, 0.1) is 0 Å². The van der Waals surface area contributed by atoms with E-state index in [2.05, 4.69) is 19.0 Å². The summed E-state index contributed by atoms with van der Waals surface area (Å²) in [4.78, 5) is 2.34. The van der Waals surface area contributed by atoms with E-state index in [1.807, 2.05) is 0 Å². The highest BCUT2D eigenvalue weighted by Gasteiger charge is 2.46. The lowest BCUT2D eigenvalue weighted by Gasteiger charge is -2.52. The fourth-order valence-corrected chi connectivity index (χ4v) is 3.20. The second-order valence-corrected chi connectivity index (χ2v) is 5.60. The van der Waals surface area contributed by atoms with Crippen LogP contribution >= 0.6 is 0 Å². The van der Waals surface area contributed by atoms with Gasteiger partial charge in [0.1, 0.15) is 0 Å². The third-order valence-corrected chi connectivity index (χ3v) is 4.11. The van der Waals surface area contributed by atoms with Gasteiger partial charge in [-0.05, 0) is 58.0 Å². The Bertz CT molecular complexity index is 174. The van der Waals surface area contributed by atoms with Crippen molar-refractivity contribution >= 4 is 0 Å². The van der Waals surface area contributed by atoms with Gasteiger partial charge < -0.3 is 10.6 Å². The lowest BCUT2D eigenvalue weighted by molar-refractivity contribution is 0.0237. The molecule has 0 heterocycles. The normalized spacial score (nSPS) is 44.3. The highest BCUT2D eigenvalue weighted by Crippen LogP contribution is 2.51. The molecule has 3 fully saturated rings. The minimum atomic E-state index is 0.230. The summed E-state index contributed by atoms with van der Waals surface area (Å²) in [5.74, 6) is 0. The van der Waals surface area contributed by atoms with Crippen molar-refractivity contribution in [1.82, 2.24) is 4.90 Å². The van der Waals surface area contributed by atoms with Crippen LogP contribution in [0.15, 0.2) is 0 Å². The number of hydrogen-bond acceptors (Lipinski definition) is 2. The number of nitrogens with two attached hydrogens (primary N) is 1. The summed E-state index contributed by atoms with van der Waals surface area (Å²) in [5.41, 5.74) is 7.13. The van der Waals surface area contributed by atoms with Crippen molar-refractivity contribution in [2.75, 3.05) is 20.6 Å². The summed E-state index contributed by atoms with van der Waals surface area (Å²) in [6.07, 6.45) is 7.88. The monoisotopic (exact) mass is 182 g/mol. The molecule has 0 spiro atoms. The zero-order chi connectivity index (χ0) is 9.53. The van der Waals surface area contributed by atoms with E-state index in [1.54, 1.807) is 0 Å². The molecule has 0 saturated heterocycles. The van der Waals surface area contributed by atoms with Crippen LogP contribution in [0.3, 0.4) is 0 Å². The Morgan fingerprint density at radius 2 is 1.46 bits per heavy atom. The minimum Gasteiger partial charge on any atom is -0.325 e. The maximum atomic E-state index is 6.27. The van der Waals surface area contributed by atoms with Crippen molar-refractivity contribution in [3.63, 3.8) is 0 Å². The van der Waals surface area contributed by atoms with E-state index in [9.17, 15) is 0 Å². The average molecular weight is 182 g/mol. The Labute approximate surface area is 81.5 Å². The molecule has 2 nitrogen and oxygen atoms in total. The van der Waals surface area contributed by atoms with Gasteiger partial charge in [0.25, 0.3) is 0 Å². The first-order valence-electron chi connectivity index (χ1n) is 5.47. The number of nitrogens with zero attached hydrogens (tertiary/aromatic N) is 1. The van der Waals surface area contributed by atoms with Crippen LogP contribution in [0.5, 0.6) is 0 Å². The summed E-state index contributed by atoms with van der Waals surface area (Å²) in [6, 6.07) is 0. The molecule has 3 aliphatic carbocycles. The van der Waals surface area contributed by atoms with Gasteiger partial charge in [-0.2, -0.15) is 0 Å². The van der Waals surface area contributed by atoms with Gasteiger partial charge in [-0.3, -0.25) is 0 Å². The maximum Gasteiger partial charge on any atom is 0.0155 e. The zero-order valence-electron chi connectivity index (χ0n) is 8.97. The van der Waals surface area contributed by atoms with Crippen molar-refractivity contribution in [2.45, 2.75) is 44.1 Å². The lowest BCUT2D eigenvalue weighted by atomic mass is 9.57. The maximum absolute atomic E-state index is 6.27. The molecule has 0 aromatic rings. The summed E-state index contributed by atoms with van der Waals surface area (Å²) in [5, 5.41) is 0. The molecule has 0 aliphatic heterocycles. The molecule has 2 heteroatoms. The smallest absolute Gasteiger partial charge is 0.0155 e. The fourth-order valence-electron chi connectivity index (χ4n) is 3.20. The van der Waals surface area contributed by atoms with E-state index in [0.717, 1.165) is 0 Å². The molecule has 2 N–H and O–H groups in total. The van der Waals surface area contributed by atoms with Gasteiger partial charge >= 0.3 is 0 Å². The first kappa shape index (κ1) is 9.47. The molecule has 0 aromatic heterocycles. The van der Waals surface area contributed by atoms with Crippen molar-refractivity contribution in [2.24, 2.45) is 11.1 Å². The topological polar surface area (TPSA) is 29.3 Å². The van der Waals surface area contributed by atoms with Crippen LogP contribution in [-0.4, -0.2) is 31.1 Å². The van der Waals surface area contributed by atoms with Gasteiger partial charge in [-0.15, -0.1) is 0 Å². The third kappa shape index (κ3) is 1.75. The highest BCUT2D eigenvalue weighted by atomic mass is 15.1. The number of hydrogen-bond donors (Lipinski definition) is 1. The summed E-state index contributed by atoms with van der Waals surface area (Å²) >= 11 is 0. The molecule has 3 aliphatic rings. The molecular formula is C11H22N2. The molecular weight excluding hydrogens is 160 g/mol. The first-order chi connectivity index (χ1) is 6.04. The lowest BCUT2D eigenvalue weighted by Crippen LogP contribution is -2.54. The molecule has 0 atom stereocenters. The molecule has 0 radical (unpaired) electrons. The zero-order valence-corrected chi connectivity index (χ0v) is 8.97. The summed E-state index contributed by atoms with van der Waals surface area (Å²) < 4.78 is 0. The van der Waals surface area contributed by atoms with E-state index in [-0.39, 0.29) is 5.54 Å². The van der Waals surface area contributed by atoms with Crippen molar-refractivity contribution in [1.29, 1.82) is 0 Å². The van der Waals surface area contributed by atoms with Crippen LogP contribution in [0, 0.1) is 5.41 Å². The third-order valence-electron chi connectivity index (χ3n) is 4.11. The molecule has 3 rings (SSSR count). The van der Waals surface area contributed by atoms with Crippen molar-refractivity contribution in [3.05, 3.63) is 0 Å². The van der Waals surface area contributed by atoms with Crippen LogP contribution in [0.25, 0.3) is 0 Å². The van der Waals surface area contributed by atoms with Gasteiger partial charge in [0, 0.05) is 12.1 Å². The number of rotatable bonds is 2. The van der Waals surface area contributed by atoms with Crippen LogP contribution in [0.2, 0.25) is 0 Å². The Hall–Kier alpha value is -0.0800. The van der Waals surface area contributed by atoms with E-state index in [1.165, 1.54) is 45.1 Å². The quantitative estimate of drug-likeness (QED) is 0.703. The van der Waals surface area contributed by atoms with E-state index in [0.29, 0.717) is 5.41 Å².